The van der Waals surface area contributed by atoms with Gasteiger partial charge in [0.05, 0.1) is 7.11 Å². The van der Waals surface area contributed by atoms with E-state index in [1.807, 2.05) is 18.2 Å². The maximum atomic E-state index is 13.0. The molecule has 27 heavy (non-hydrogen) atoms. The molecule has 0 radical (unpaired) electrons. The summed E-state index contributed by atoms with van der Waals surface area (Å²) >= 11 is 0. The van der Waals surface area contributed by atoms with Crippen LogP contribution in [0, 0.1) is 19.7 Å². The molecule has 0 aromatic heterocycles. The highest BCUT2D eigenvalue weighted by Crippen LogP contribution is 2.29. The molecule has 0 aliphatic carbocycles. The van der Waals surface area contributed by atoms with Gasteiger partial charge in [0, 0.05) is 12.2 Å². The quantitative estimate of drug-likeness (QED) is 0.587. The van der Waals surface area contributed by atoms with E-state index in [4.69, 9.17) is 9.47 Å². The molecule has 0 amide bonds. The van der Waals surface area contributed by atoms with Crippen LogP contribution in [-0.4, -0.2) is 7.11 Å². The van der Waals surface area contributed by atoms with Gasteiger partial charge in [0.1, 0.15) is 12.4 Å². The molecule has 3 aromatic carbocycles. The van der Waals surface area contributed by atoms with Gasteiger partial charge in [-0.3, -0.25) is 0 Å². The predicted molar refractivity (Wildman–Crippen MR) is 107 cm³/mol. The summed E-state index contributed by atoms with van der Waals surface area (Å²) in [6, 6.07) is 18.5. The normalized spacial score (nSPS) is 10.5. The van der Waals surface area contributed by atoms with E-state index in [0.717, 1.165) is 16.8 Å². The molecule has 0 spiro atoms. The van der Waals surface area contributed by atoms with Gasteiger partial charge in [0.15, 0.2) is 11.5 Å². The molecule has 0 aliphatic heterocycles. The molecule has 0 saturated carbocycles. The first-order valence-corrected chi connectivity index (χ1v) is 8.90. The monoisotopic (exact) mass is 365 g/mol. The number of aryl methyl sites for hydroxylation is 2. The van der Waals surface area contributed by atoms with Crippen LogP contribution < -0.4 is 14.8 Å². The Kier molecular flexibility index (Phi) is 5.97. The second-order valence-corrected chi connectivity index (χ2v) is 6.57. The molecular weight excluding hydrogens is 341 g/mol. The minimum absolute atomic E-state index is 0.253. The van der Waals surface area contributed by atoms with E-state index in [1.165, 1.54) is 23.3 Å². The van der Waals surface area contributed by atoms with Crippen molar-refractivity contribution in [2.45, 2.75) is 27.0 Å². The van der Waals surface area contributed by atoms with Crippen molar-refractivity contribution in [1.29, 1.82) is 0 Å². The maximum Gasteiger partial charge on any atom is 0.161 e. The summed E-state index contributed by atoms with van der Waals surface area (Å²) in [5, 5.41) is 3.46. The highest BCUT2D eigenvalue weighted by atomic mass is 19.1. The molecule has 140 valence electrons. The summed E-state index contributed by atoms with van der Waals surface area (Å²) in [6.07, 6.45) is 0. The molecule has 0 unspecified atom stereocenters. The third-order valence-electron chi connectivity index (χ3n) is 4.40. The number of rotatable bonds is 7. The third kappa shape index (κ3) is 5.00. The highest BCUT2D eigenvalue weighted by Gasteiger charge is 2.07. The van der Waals surface area contributed by atoms with Crippen LogP contribution in [0.2, 0.25) is 0 Å². The standard InChI is InChI=1S/C23H24FNO2/c1-16-4-10-21(17(2)12-16)25-14-19-7-11-22(23(13-19)26-3)27-15-18-5-8-20(24)9-6-18/h4-13,25H,14-15H2,1-3H3. The van der Waals surface area contributed by atoms with Gasteiger partial charge >= 0.3 is 0 Å². The van der Waals surface area contributed by atoms with Crippen molar-refractivity contribution in [2.75, 3.05) is 12.4 Å². The minimum Gasteiger partial charge on any atom is -0.493 e. The average Bonchev–Trinajstić information content (AvgIpc) is 2.67. The molecule has 3 aromatic rings. The molecular formula is C23H24FNO2. The van der Waals surface area contributed by atoms with Crippen LogP contribution in [0.1, 0.15) is 22.3 Å². The van der Waals surface area contributed by atoms with Gasteiger partial charge in [-0.15, -0.1) is 0 Å². The minimum atomic E-state index is -0.253. The Morgan fingerprint density at radius 3 is 2.30 bits per heavy atom. The zero-order valence-corrected chi connectivity index (χ0v) is 15.9. The zero-order chi connectivity index (χ0) is 19.2. The van der Waals surface area contributed by atoms with Crippen molar-refractivity contribution in [1.82, 2.24) is 0 Å². The number of nitrogens with one attached hydrogen (secondary N) is 1. The molecule has 3 nitrogen and oxygen atoms in total. The predicted octanol–water partition coefficient (Wildman–Crippen LogP) is 5.64. The van der Waals surface area contributed by atoms with E-state index in [1.54, 1.807) is 19.2 Å². The van der Waals surface area contributed by atoms with Crippen LogP contribution in [0.15, 0.2) is 60.7 Å². The molecule has 0 fully saturated rings. The molecule has 1 N–H and O–H groups in total. The van der Waals surface area contributed by atoms with Crippen LogP contribution in [0.25, 0.3) is 0 Å². The molecule has 4 heteroatoms. The number of methoxy groups -OCH3 is 1. The van der Waals surface area contributed by atoms with Crippen LogP contribution >= 0.6 is 0 Å². The zero-order valence-electron chi connectivity index (χ0n) is 15.9. The van der Waals surface area contributed by atoms with Crippen LogP contribution in [0.5, 0.6) is 11.5 Å². The Bertz CT molecular complexity index is 907. The lowest BCUT2D eigenvalue weighted by molar-refractivity contribution is 0.284. The van der Waals surface area contributed by atoms with Crippen molar-refractivity contribution >= 4 is 5.69 Å². The Labute approximate surface area is 159 Å². The Morgan fingerprint density at radius 2 is 1.59 bits per heavy atom. The molecule has 0 aliphatic rings. The van der Waals surface area contributed by atoms with Gasteiger partial charge < -0.3 is 14.8 Å². The van der Waals surface area contributed by atoms with Gasteiger partial charge in [-0.05, 0) is 60.9 Å². The fraction of sp³-hybridized carbons (Fsp3) is 0.217. The summed E-state index contributed by atoms with van der Waals surface area (Å²) < 4.78 is 24.3. The number of ether oxygens (including phenoxy) is 2. The van der Waals surface area contributed by atoms with Crippen LogP contribution in [0.4, 0.5) is 10.1 Å². The van der Waals surface area contributed by atoms with Gasteiger partial charge in [-0.2, -0.15) is 0 Å². The average molecular weight is 365 g/mol. The number of halogens is 1. The Morgan fingerprint density at radius 1 is 0.852 bits per heavy atom. The molecule has 0 heterocycles. The second-order valence-electron chi connectivity index (χ2n) is 6.57. The van der Waals surface area contributed by atoms with Crippen LogP contribution in [0.3, 0.4) is 0 Å². The lowest BCUT2D eigenvalue weighted by Crippen LogP contribution is -2.03. The van der Waals surface area contributed by atoms with E-state index in [0.29, 0.717) is 24.7 Å². The van der Waals surface area contributed by atoms with Gasteiger partial charge in [0.25, 0.3) is 0 Å². The van der Waals surface area contributed by atoms with Gasteiger partial charge in [-0.1, -0.05) is 35.9 Å². The molecule has 0 atom stereocenters. The van der Waals surface area contributed by atoms with E-state index >= 15 is 0 Å². The van der Waals surface area contributed by atoms with E-state index in [9.17, 15) is 4.39 Å². The van der Waals surface area contributed by atoms with Crippen molar-refractivity contribution in [3.05, 3.63) is 88.7 Å². The third-order valence-corrected chi connectivity index (χ3v) is 4.40. The first kappa shape index (κ1) is 18.8. The van der Waals surface area contributed by atoms with Gasteiger partial charge in [-0.25, -0.2) is 4.39 Å². The smallest absolute Gasteiger partial charge is 0.161 e. The van der Waals surface area contributed by atoms with Crippen molar-refractivity contribution < 1.29 is 13.9 Å². The summed E-state index contributed by atoms with van der Waals surface area (Å²) in [6.45, 7) is 5.24. The van der Waals surface area contributed by atoms with Crippen molar-refractivity contribution in [3.8, 4) is 11.5 Å². The van der Waals surface area contributed by atoms with E-state index < -0.39 is 0 Å². The van der Waals surface area contributed by atoms with Crippen LogP contribution in [-0.2, 0) is 13.2 Å². The Balaban J connectivity index is 1.65. The summed E-state index contributed by atoms with van der Waals surface area (Å²) in [7, 11) is 1.63. The summed E-state index contributed by atoms with van der Waals surface area (Å²) in [4.78, 5) is 0. The highest BCUT2D eigenvalue weighted by molar-refractivity contribution is 5.53. The lowest BCUT2D eigenvalue weighted by Gasteiger charge is -2.14. The first-order valence-electron chi connectivity index (χ1n) is 8.90. The number of hydrogen-bond donors (Lipinski definition) is 1. The number of anilines is 1. The Hall–Kier alpha value is -3.01. The summed E-state index contributed by atoms with van der Waals surface area (Å²) in [5.74, 6) is 1.09. The molecule has 0 bridgehead atoms. The fourth-order valence-corrected chi connectivity index (χ4v) is 2.89. The first-order chi connectivity index (χ1) is 13.0. The van der Waals surface area contributed by atoms with Gasteiger partial charge in [0.2, 0.25) is 0 Å². The lowest BCUT2D eigenvalue weighted by atomic mass is 10.1. The topological polar surface area (TPSA) is 30.5 Å². The number of hydrogen-bond acceptors (Lipinski definition) is 3. The maximum absolute atomic E-state index is 13.0. The largest absolute Gasteiger partial charge is 0.493 e. The molecule has 0 saturated heterocycles. The van der Waals surface area contributed by atoms with E-state index in [2.05, 4.69) is 37.4 Å². The SMILES string of the molecule is COc1cc(CNc2ccc(C)cc2C)ccc1OCc1ccc(F)cc1. The number of benzene rings is 3. The molecule has 3 rings (SSSR count). The van der Waals surface area contributed by atoms with E-state index in [-0.39, 0.29) is 5.82 Å². The van der Waals surface area contributed by atoms with Crippen molar-refractivity contribution in [3.63, 3.8) is 0 Å². The summed E-state index contributed by atoms with van der Waals surface area (Å²) in [5.41, 5.74) is 5.60. The fourth-order valence-electron chi connectivity index (χ4n) is 2.89. The van der Waals surface area contributed by atoms with Crippen molar-refractivity contribution in [2.24, 2.45) is 0 Å². The second kappa shape index (κ2) is 8.58.